The topological polar surface area (TPSA) is 69.6 Å². The molecular formula is C9H17NO3. The minimum absolute atomic E-state index is 0.110. The van der Waals surface area contributed by atoms with Crippen molar-refractivity contribution >= 4 is 5.97 Å². The molecule has 0 aromatic heterocycles. The van der Waals surface area contributed by atoms with Crippen molar-refractivity contribution in [2.24, 2.45) is 5.92 Å². The highest BCUT2D eigenvalue weighted by atomic mass is 16.4. The zero-order valence-electron chi connectivity index (χ0n) is 7.86. The van der Waals surface area contributed by atoms with E-state index >= 15 is 0 Å². The Hall–Kier alpha value is -0.610. The number of hydrogen-bond acceptors (Lipinski definition) is 3. The molecule has 0 spiro atoms. The van der Waals surface area contributed by atoms with Gasteiger partial charge in [0, 0.05) is 18.7 Å². The fourth-order valence-corrected chi connectivity index (χ4v) is 1.64. The van der Waals surface area contributed by atoms with Crippen LogP contribution in [0.5, 0.6) is 0 Å². The van der Waals surface area contributed by atoms with Gasteiger partial charge in [0.1, 0.15) is 0 Å². The van der Waals surface area contributed by atoms with E-state index in [0.717, 1.165) is 12.8 Å². The number of aliphatic hydroxyl groups excluding tert-OH is 1. The van der Waals surface area contributed by atoms with Gasteiger partial charge in [0.2, 0.25) is 0 Å². The minimum atomic E-state index is -0.708. The van der Waals surface area contributed by atoms with Gasteiger partial charge in [-0.2, -0.15) is 0 Å². The van der Waals surface area contributed by atoms with Gasteiger partial charge in [-0.15, -0.1) is 0 Å². The van der Waals surface area contributed by atoms with Crippen molar-refractivity contribution in [3.8, 4) is 0 Å². The molecular weight excluding hydrogens is 170 g/mol. The number of hydrogen-bond donors (Lipinski definition) is 3. The maximum atomic E-state index is 10.6. The molecule has 0 radical (unpaired) electrons. The summed E-state index contributed by atoms with van der Waals surface area (Å²) in [5, 5.41) is 20.6. The van der Waals surface area contributed by atoms with Crippen molar-refractivity contribution in [1.29, 1.82) is 0 Å². The van der Waals surface area contributed by atoms with Crippen molar-refractivity contribution in [2.45, 2.75) is 38.3 Å². The normalized spacial score (nSPS) is 29.4. The summed E-state index contributed by atoms with van der Waals surface area (Å²) in [6.45, 7) is 2.12. The summed E-state index contributed by atoms with van der Waals surface area (Å²) in [6, 6.07) is 0.316. The average Bonchev–Trinajstić information content (AvgIpc) is 1.97. The molecule has 4 heteroatoms. The van der Waals surface area contributed by atoms with Crippen LogP contribution in [0.25, 0.3) is 0 Å². The van der Waals surface area contributed by atoms with E-state index in [-0.39, 0.29) is 24.6 Å². The average molecular weight is 187 g/mol. The molecule has 0 aliphatic heterocycles. The zero-order valence-corrected chi connectivity index (χ0v) is 7.86. The molecule has 0 aromatic rings. The largest absolute Gasteiger partial charge is 0.481 e. The molecule has 0 heterocycles. The summed E-state index contributed by atoms with van der Waals surface area (Å²) in [7, 11) is 0. The summed E-state index contributed by atoms with van der Waals surface area (Å²) in [5.41, 5.74) is 0. The summed E-state index contributed by atoms with van der Waals surface area (Å²) in [4.78, 5) is 10.6. The lowest BCUT2D eigenvalue weighted by Gasteiger charge is -2.36. The van der Waals surface area contributed by atoms with Gasteiger partial charge in [-0.25, -0.2) is 0 Å². The lowest BCUT2D eigenvalue weighted by atomic mass is 9.79. The van der Waals surface area contributed by atoms with Crippen LogP contribution in [0.3, 0.4) is 0 Å². The van der Waals surface area contributed by atoms with Crippen molar-refractivity contribution in [2.75, 3.05) is 6.61 Å². The van der Waals surface area contributed by atoms with Crippen LogP contribution in [0, 0.1) is 5.92 Å². The van der Waals surface area contributed by atoms with Gasteiger partial charge in [0.25, 0.3) is 0 Å². The Morgan fingerprint density at radius 1 is 1.62 bits per heavy atom. The van der Waals surface area contributed by atoms with Gasteiger partial charge in [0.15, 0.2) is 0 Å². The molecule has 1 aliphatic carbocycles. The fourth-order valence-electron chi connectivity index (χ4n) is 1.64. The van der Waals surface area contributed by atoms with Crippen LogP contribution < -0.4 is 5.32 Å². The van der Waals surface area contributed by atoms with Crippen LogP contribution >= 0.6 is 0 Å². The third-order valence-corrected chi connectivity index (χ3v) is 2.65. The molecule has 0 aromatic carbocycles. The molecule has 1 saturated carbocycles. The van der Waals surface area contributed by atoms with Gasteiger partial charge in [-0.3, -0.25) is 4.79 Å². The third kappa shape index (κ3) is 2.67. The van der Waals surface area contributed by atoms with Crippen LogP contribution in [0.2, 0.25) is 0 Å². The number of carboxylic acid groups (broad SMARTS) is 1. The van der Waals surface area contributed by atoms with Crippen LogP contribution in [-0.4, -0.2) is 34.9 Å². The molecule has 0 bridgehead atoms. The van der Waals surface area contributed by atoms with Gasteiger partial charge in [-0.05, 0) is 26.2 Å². The number of nitrogens with one attached hydrogen (secondary N) is 1. The SMILES string of the molecule is CC(CCO)NC1CCC1C(=O)O. The Morgan fingerprint density at radius 3 is 2.69 bits per heavy atom. The van der Waals surface area contributed by atoms with E-state index in [0.29, 0.717) is 6.42 Å². The predicted octanol–water partition coefficient (Wildman–Crippen LogP) is 0.210. The van der Waals surface area contributed by atoms with Crippen LogP contribution in [-0.2, 0) is 4.79 Å². The first-order valence-electron chi connectivity index (χ1n) is 4.75. The third-order valence-electron chi connectivity index (χ3n) is 2.65. The number of aliphatic carboxylic acids is 1. The number of carbonyl (C=O) groups is 1. The standard InChI is InChI=1S/C9H17NO3/c1-6(4-5-11)10-8-3-2-7(8)9(12)13/h6-8,10-11H,2-5H2,1H3,(H,12,13). The molecule has 13 heavy (non-hydrogen) atoms. The lowest BCUT2D eigenvalue weighted by Crippen LogP contribution is -2.50. The van der Waals surface area contributed by atoms with Gasteiger partial charge < -0.3 is 15.5 Å². The smallest absolute Gasteiger partial charge is 0.308 e. The molecule has 0 saturated heterocycles. The molecule has 3 N–H and O–H groups in total. The second-order valence-electron chi connectivity index (χ2n) is 3.71. The quantitative estimate of drug-likeness (QED) is 0.575. The maximum Gasteiger partial charge on any atom is 0.308 e. The monoisotopic (exact) mass is 187 g/mol. The second-order valence-corrected chi connectivity index (χ2v) is 3.71. The fraction of sp³-hybridized carbons (Fsp3) is 0.889. The maximum absolute atomic E-state index is 10.6. The summed E-state index contributed by atoms with van der Waals surface area (Å²) in [5.74, 6) is -0.930. The van der Waals surface area contributed by atoms with Crippen LogP contribution in [0.15, 0.2) is 0 Å². The Labute approximate surface area is 78.0 Å². The first-order chi connectivity index (χ1) is 6.15. The number of carboxylic acids is 1. The molecule has 1 aliphatic rings. The molecule has 0 amide bonds. The Kier molecular flexibility index (Phi) is 3.69. The first kappa shape index (κ1) is 10.5. The lowest BCUT2D eigenvalue weighted by molar-refractivity contribution is -0.146. The van der Waals surface area contributed by atoms with E-state index in [1.54, 1.807) is 0 Å². The van der Waals surface area contributed by atoms with Crippen molar-refractivity contribution in [3.63, 3.8) is 0 Å². The van der Waals surface area contributed by atoms with E-state index in [1.165, 1.54) is 0 Å². The molecule has 3 atom stereocenters. The van der Waals surface area contributed by atoms with E-state index in [4.69, 9.17) is 10.2 Å². The molecule has 1 rings (SSSR count). The van der Waals surface area contributed by atoms with Crippen molar-refractivity contribution in [1.82, 2.24) is 5.32 Å². The van der Waals surface area contributed by atoms with E-state index in [9.17, 15) is 4.79 Å². The molecule has 1 fully saturated rings. The highest BCUT2D eigenvalue weighted by molar-refractivity contribution is 5.72. The Morgan fingerprint density at radius 2 is 2.31 bits per heavy atom. The Bertz CT molecular complexity index is 184. The van der Waals surface area contributed by atoms with Crippen molar-refractivity contribution < 1.29 is 15.0 Å². The van der Waals surface area contributed by atoms with Crippen molar-refractivity contribution in [3.05, 3.63) is 0 Å². The number of aliphatic hydroxyl groups is 1. The summed E-state index contributed by atoms with van der Waals surface area (Å²) < 4.78 is 0. The van der Waals surface area contributed by atoms with Crippen LogP contribution in [0.1, 0.15) is 26.2 Å². The van der Waals surface area contributed by atoms with E-state index in [1.807, 2.05) is 6.92 Å². The molecule has 4 nitrogen and oxygen atoms in total. The molecule has 3 unspecified atom stereocenters. The van der Waals surface area contributed by atoms with Gasteiger partial charge >= 0.3 is 5.97 Å². The van der Waals surface area contributed by atoms with E-state index in [2.05, 4.69) is 5.32 Å². The first-order valence-corrected chi connectivity index (χ1v) is 4.75. The van der Waals surface area contributed by atoms with E-state index < -0.39 is 5.97 Å². The highest BCUT2D eigenvalue weighted by Gasteiger charge is 2.36. The van der Waals surface area contributed by atoms with Crippen LogP contribution in [0.4, 0.5) is 0 Å². The highest BCUT2D eigenvalue weighted by Crippen LogP contribution is 2.27. The van der Waals surface area contributed by atoms with Gasteiger partial charge in [-0.1, -0.05) is 0 Å². The zero-order chi connectivity index (χ0) is 9.84. The molecule has 76 valence electrons. The summed E-state index contributed by atoms with van der Waals surface area (Å²) >= 11 is 0. The minimum Gasteiger partial charge on any atom is -0.481 e. The van der Waals surface area contributed by atoms with Gasteiger partial charge in [0.05, 0.1) is 5.92 Å². The Balaban J connectivity index is 2.25. The second kappa shape index (κ2) is 4.58. The number of rotatable bonds is 5. The predicted molar refractivity (Wildman–Crippen MR) is 48.4 cm³/mol. The summed E-state index contributed by atoms with van der Waals surface area (Å²) in [6.07, 6.45) is 2.40.